The zero-order valence-corrected chi connectivity index (χ0v) is 9.44. The summed E-state index contributed by atoms with van der Waals surface area (Å²) in [5.74, 6) is 0. The quantitative estimate of drug-likeness (QED) is 0.871. The van der Waals surface area contributed by atoms with Crippen LogP contribution in [0.3, 0.4) is 0 Å². The fourth-order valence-corrected chi connectivity index (χ4v) is 2.66. The number of hydrogen-bond acceptors (Lipinski definition) is 4. The molecule has 1 atom stereocenters. The summed E-state index contributed by atoms with van der Waals surface area (Å²) in [6.45, 7) is 2.07. The number of aliphatic hydroxyl groups is 1. The molecule has 0 radical (unpaired) electrons. The summed E-state index contributed by atoms with van der Waals surface area (Å²) in [4.78, 5) is 5.37. The second-order valence-electron chi connectivity index (χ2n) is 3.16. The molecule has 74 valence electrons. The Bertz CT molecular complexity index is 394. The summed E-state index contributed by atoms with van der Waals surface area (Å²) in [7, 11) is 0. The molecular formula is C10H11NOS2. The Morgan fingerprint density at radius 2 is 2.36 bits per heavy atom. The topological polar surface area (TPSA) is 33.1 Å². The maximum atomic E-state index is 9.82. The van der Waals surface area contributed by atoms with Gasteiger partial charge in [-0.15, -0.1) is 22.7 Å². The van der Waals surface area contributed by atoms with Gasteiger partial charge in [0.05, 0.1) is 0 Å². The van der Waals surface area contributed by atoms with Crippen molar-refractivity contribution in [3.05, 3.63) is 38.5 Å². The summed E-state index contributed by atoms with van der Waals surface area (Å²) in [6.07, 6.45) is 1.93. The molecule has 1 unspecified atom stereocenters. The third kappa shape index (κ3) is 2.20. The van der Waals surface area contributed by atoms with Gasteiger partial charge in [0.2, 0.25) is 0 Å². The molecule has 0 saturated carbocycles. The molecule has 0 amide bonds. The molecule has 2 rings (SSSR count). The van der Waals surface area contributed by atoms with Gasteiger partial charge in [0.25, 0.3) is 0 Å². The van der Waals surface area contributed by atoms with Crippen molar-refractivity contribution in [2.24, 2.45) is 0 Å². The average Bonchev–Trinajstić information content (AvgIpc) is 2.75. The molecule has 0 saturated heterocycles. The number of thiazole rings is 1. The Balaban J connectivity index is 2.05. The molecule has 1 N–H and O–H groups in total. The van der Waals surface area contributed by atoms with E-state index < -0.39 is 6.10 Å². The van der Waals surface area contributed by atoms with Gasteiger partial charge in [0.15, 0.2) is 0 Å². The highest BCUT2D eigenvalue weighted by Crippen LogP contribution is 2.22. The van der Waals surface area contributed by atoms with Gasteiger partial charge < -0.3 is 5.11 Å². The molecule has 2 nitrogen and oxygen atoms in total. The first-order valence-corrected chi connectivity index (χ1v) is 6.13. The summed E-state index contributed by atoms with van der Waals surface area (Å²) in [5.41, 5.74) is 1.19. The Labute approximate surface area is 90.9 Å². The molecular weight excluding hydrogens is 214 g/mol. The van der Waals surface area contributed by atoms with Crippen LogP contribution in [-0.4, -0.2) is 10.1 Å². The minimum absolute atomic E-state index is 0.455. The third-order valence-corrected chi connectivity index (χ3v) is 3.74. The third-order valence-electron chi connectivity index (χ3n) is 1.95. The fraction of sp³-hybridized carbons (Fsp3) is 0.300. The van der Waals surface area contributed by atoms with E-state index in [1.54, 1.807) is 17.5 Å². The van der Waals surface area contributed by atoms with E-state index >= 15 is 0 Å². The van der Waals surface area contributed by atoms with Crippen LogP contribution in [0.2, 0.25) is 0 Å². The molecule has 0 fully saturated rings. The number of hydrogen-bond donors (Lipinski definition) is 1. The fourth-order valence-electron chi connectivity index (χ4n) is 1.31. The molecule has 0 bridgehead atoms. The van der Waals surface area contributed by atoms with Crippen LogP contribution in [0.1, 0.15) is 21.6 Å². The minimum Gasteiger partial charge on any atom is -0.386 e. The van der Waals surface area contributed by atoms with E-state index in [2.05, 4.69) is 23.4 Å². The van der Waals surface area contributed by atoms with Crippen LogP contribution in [0.25, 0.3) is 0 Å². The summed E-state index contributed by atoms with van der Waals surface area (Å²) in [6, 6.07) is 2.11. The van der Waals surface area contributed by atoms with Crippen molar-refractivity contribution in [2.75, 3.05) is 0 Å². The average molecular weight is 225 g/mol. The van der Waals surface area contributed by atoms with Crippen molar-refractivity contribution in [3.63, 3.8) is 0 Å². The SMILES string of the molecule is Cc1cc(CC(O)c2nccs2)cs1. The van der Waals surface area contributed by atoms with E-state index in [0.29, 0.717) is 6.42 Å². The predicted octanol–water partition coefficient (Wildman–Crippen LogP) is 2.79. The maximum Gasteiger partial charge on any atom is 0.121 e. The van der Waals surface area contributed by atoms with Crippen molar-refractivity contribution in [1.29, 1.82) is 0 Å². The first-order valence-electron chi connectivity index (χ1n) is 4.37. The van der Waals surface area contributed by atoms with Crippen molar-refractivity contribution >= 4 is 22.7 Å². The largest absolute Gasteiger partial charge is 0.386 e. The van der Waals surface area contributed by atoms with Gasteiger partial charge in [-0.3, -0.25) is 0 Å². The number of aryl methyl sites for hydroxylation is 1. The molecule has 2 aromatic rings. The zero-order valence-electron chi connectivity index (χ0n) is 7.80. The van der Waals surface area contributed by atoms with Crippen molar-refractivity contribution in [2.45, 2.75) is 19.4 Å². The Morgan fingerprint density at radius 1 is 1.50 bits per heavy atom. The van der Waals surface area contributed by atoms with Gasteiger partial charge in [-0.2, -0.15) is 0 Å². The standard InChI is InChI=1S/C10H11NOS2/c1-7-4-8(6-14-7)5-9(12)10-11-2-3-13-10/h2-4,6,9,12H,5H2,1H3. The molecule has 0 aliphatic rings. The van der Waals surface area contributed by atoms with E-state index in [1.807, 2.05) is 5.38 Å². The van der Waals surface area contributed by atoms with Crippen LogP contribution in [-0.2, 0) is 6.42 Å². The monoisotopic (exact) mass is 225 g/mol. The lowest BCUT2D eigenvalue weighted by Gasteiger charge is -2.04. The highest BCUT2D eigenvalue weighted by molar-refractivity contribution is 7.10. The summed E-state index contributed by atoms with van der Waals surface area (Å²) >= 11 is 3.21. The second kappa shape index (κ2) is 4.21. The van der Waals surface area contributed by atoms with Crippen LogP contribution in [0.5, 0.6) is 0 Å². The molecule has 2 aromatic heterocycles. The normalized spacial score (nSPS) is 13.0. The van der Waals surface area contributed by atoms with Crippen LogP contribution in [0.15, 0.2) is 23.0 Å². The maximum absolute atomic E-state index is 9.82. The lowest BCUT2D eigenvalue weighted by Crippen LogP contribution is -1.99. The van der Waals surface area contributed by atoms with Crippen molar-refractivity contribution in [3.8, 4) is 0 Å². The molecule has 0 spiro atoms. The molecule has 2 heterocycles. The smallest absolute Gasteiger partial charge is 0.121 e. The number of thiophene rings is 1. The van der Waals surface area contributed by atoms with E-state index in [0.717, 1.165) is 5.01 Å². The molecule has 4 heteroatoms. The minimum atomic E-state index is -0.455. The number of nitrogens with zero attached hydrogens (tertiary/aromatic N) is 1. The highest BCUT2D eigenvalue weighted by Gasteiger charge is 2.11. The summed E-state index contributed by atoms with van der Waals surface area (Å²) < 4.78 is 0. The van der Waals surface area contributed by atoms with Gasteiger partial charge >= 0.3 is 0 Å². The molecule has 0 aliphatic carbocycles. The van der Waals surface area contributed by atoms with Gasteiger partial charge in [-0.05, 0) is 23.9 Å². The number of aliphatic hydroxyl groups excluding tert-OH is 1. The van der Waals surface area contributed by atoms with Crippen LogP contribution < -0.4 is 0 Å². The van der Waals surface area contributed by atoms with Crippen LogP contribution in [0.4, 0.5) is 0 Å². The molecule has 0 aromatic carbocycles. The van der Waals surface area contributed by atoms with E-state index in [9.17, 15) is 5.11 Å². The van der Waals surface area contributed by atoms with Crippen molar-refractivity contribution in [1.82, 2.24) is 4.98 Å². The Kier molecular flexibility index (Phi) is 2.96. The zero-order chi connectivity index (χ0) is 9.97. The first-order chi connectivity index (χ1) is 6.75. The Morgan fingerprint density at radius 3 is 2.93 bits per heavy atom. The van der Waals surface area contributed by atoms with Gasteiger partial charge in [-0.25, -0.2) is 4.98 Å². The van der Waals surface area contributed by atoms with E-state index in [1.165, 1.54) is 21.8 Å². The molecule has 0 aliphatic heterocycles. The summed E-state index contributed by atoms with van der Waals surface area (Å²) in [5, 5.41) is 14.6. The van der Waals surface area contributed by atoms with E-state index in [-0.39, 0.29) is 0 Å². The van der Waals surface area contributed by atoms with Gasteiger partial charge in [-0.1, -0.05) is 0 Å². The van der Waals surface area contributed by atoms with Crippen molar-refractivity contribution < 1.29 is 5.11 Å². The lowest BCUT2D eigenvalue weighted by atomic mass is 10.1. The Hall–Kier alpha value is -0.710. The van der Waals surface area contributed by atoms with E-state index in [4.69, 9.17) is 0 Å². The molecule has 14 heavy (non-hydrogen) atoms. The van der Waals surface area contributed by atoms with Gasteiger partial charge in [0, 0.05) is 22.9 Å². The lowest BCUT2D eigenvalue weighted by molar-refractivity contribution is 0.178. The van der Waals surface area contributed by atoms with Crippen LogP contribution in [0, 0.1) is 6.92 Å². The first kappa shape index (κ1) is 9.83. The number of rotatable bonds is 3. The highest BCUT2D eigenvalue weighted by atomic mass is 32.1. The van der Waals surface area contributed by atoms with Crippen LogP contribution >= 0.6 is 22.7 Å². The number of aromatic nitrogens is 1. The predicted molar refractivity (Wildman–Crippen MR) is 59.8 cm³/mol. The van der Waals surface area contributed by atoms with Gasteiger partial charge in [0.1, 0.15) is 11.1 Å². The second-order valence-corrected chi connectivity index (χ2v) is 5.20.